The molecular weight excluding hydrogens is 381 g/mol. The van der Waals surface area contributed by atoms with Crippen LogP contribution in [0.2, 0.25) is 0 Å². The van der Waals surface area contributed by atoms with Crippen LogP contribution in [0.4, 0.5) is 4.39 Å². The number of aliphatic hydroxyl groups is 3. The van der Waals surface area contributed by atoms with Crippen molar-refractivity contribution >= 4 is 21.6 Å². The number of ether oxygens (including phenoxy) is 1. The summed E-state index contributed by atoms with van der Waals surface area (Å²) >= 11 is 1.63. The number of halogens is 1. The summed E-state index contributed by atoms with van der Waals surface area (Å²) in [5.74, 6) is 0. The highest BCUT2D eigenvalue weighted by Gasteiger charge is 2.44. The van der Waals surface area contributed by atoms with Crippen LogP contribution in [0, 0.1) is 6.92 Å². The van der Waals surface area contributed by atoms with Crippen molar-refractivity contribution in [3.8, 4) is 10.6 Å². The van der Waals surface area contributed by atoms with Crippen molar-refractivity contribution in [3.05, 3.63) is 53.6 Å². The minimum Gasteiger partial charge on any atom is -0.394 e. The number of benzene rings is 2. The molecule has 0 spiro atoms. The van der Waals surface area contributed by atoms with Gasteiger partial charge >= 0.3 is 0 Å². The topological polar surface area (TPSA) is 82.8 Å². The number of aromatic nitrogens is 1. The molecule has 5 nitrogen and oxygen atoms in total. The van der Waals surface area contributed by atoms with E-state index in [1.54, 1.807) is 11.3 Å². The Bertz CT molecular complexity index is 959. The van der Waals surface area contributed by atoms with E-state index in [9.17, 15) is 19.7 Å². The lowest BCUT2D eigenvalue weighted by atomic mass is 9.92. The van der Waals surface area contributed by atoms with Gasteiger partial charge in [-0.1, -0.05) is 30.3 Å². The zero-order chi connectivity index (χ0) is 19.8. The number of nitrogens with zero attached hydrogens (tertiary/aromatic N) is 1. The van der Waals surface area contributed by atoms with E-state index < -0.39 is 37.2 Å². The molecule has 0 aliphatic carbocycles. The van der Waals surface area contributed by atoms with Gasteiger partial charge in [-0.3, -0.25) is 0 Å². The van der Waals surface area contributed by atoms with E-state index in [0.29, 0.717) is 0 Å². The summed E-state index contributed by atoms with van der Waals surface area (Å²) in [6.07, 6.45) is -6.39. The van der Waals surface area contributed by atoms with Gasteiger partial charge < -0.3 is 20.1 Å². The number of thiazole rings is 1. The van der Waals surface area contributed by atoms with Crippen molar-refractivity contribution in [2.24, 2.45) is 0 Å². The molecule has 2 heterocycles. The Labute approximate surface area is 166 Å². The summed E-state index contributed by atoms with van der Waals surface area (Å²) in [7, 11) is 0. The number of hydrogen-bond acceptors (Lipinski definition) is 6. The van der Waals surface area contributed by atoms with Gasteiger partial charge in [0.25, 0.3) is 0 Å². The number of fused-ring (bicyclic) bond motifs is 1. The molecule has 1 aromatic heterocycles. The summed E-state index contributed by atoms with van der Waals surface area (Å²) in [6, 6.07) is 13.8. The highest BCUT2D eigenvalue weighted by molar-refractivity contribution is 7.21. The van der Waals surface area contributed by atoms with Crippen molar-refractivity contribution in [2.75, 3.05) is 6.61 Å². The van der Waals surface area contributed by atoms with Crippen LogP contribution >= 0.6 is 11.3 Å². The Morgan fingerprint density at radius 2 is 1.82 bits per heavy atom. The lowest BCUT2D eigenvalue weighted by Crippen LogP contribution is -2.57. The summed E-state index contributed by atoms with van der Waals surface area (Å²) < 4.78 is 20.9. The van der Waals surface area contributed by atoms with E-state index in [4.69, 9.17) is 4.74 Å². The Morgan fingerprint density at radius 1 is 1.07 bits per heavy atom. The number of rotatable bonds is 4. The first kappa shape index (κ1) is 19.4. The molecule has 148 valence electrons. The molecule has 4 rings (SSSR count). The van der Waals surface area contributed by atoms with Gasteiger partial charge in [0.15, 0.2) is 6.17 Å². The second kappa shape index (κ2) is 7.85. The molecule has 0 bridgehead atoms. The number of alkyl halides is 1. The van der Waals surface area contributed by atoms with Gasteiger partial charge in [0.1, 0.15) is 23.3 Å². The predicted molar refractivity (Wildman–Crippen MR) is 106 cm³/mol. The minimum absolute atomic E-state index is 0.237. The second-order valence-electron chi connectivity index (χ2n) is 7.21. The lowest BCUT2D eigenvalue weighted by molar-refractivity contribution is -0.211. The van der Waals surface area contributed by atoms with E-state index in [1.165, 1.54) is 5.56 Å². The van der Waals surface area contributed by atoms with Crippen molar-refractivity contribution < 1.29 is 24.4 Å². The maximum absolute atomic E-state index is 14.4. The third-order valence-electron chi connectivity index (χ3n) is 5.12. The molecule has 3 N–H and O–H groups in total. The zero-order valence-corrected chi connectivity index (χ0v) is 16.1. The molecule has 7 heteroatoms. The van der Waals surface area contributed by atoms with E-state index in [-0.39, 0.29) is 6.42 Å². The van der Waals surface area contributed by atoms with Crippen LogP contribution in [0.5, 0.6) is 0 Å². The van der Waals surface area contributed by atoms with Crippen molar-refractivity contribution in [1.82, 2.24) is 4.98 Å². The van der Waals surface area contributed by atoms with Gasteiger partial charge in [-0.25, -0.2) is 9.37 Å². The first-order chi connectivity index (χ1) is 13.5. The van der Waals surface area contributed by atoms with Crippen LogP contribution < -0.4 is 0 Å². The molecule has 2 aromatic carbocycles. The fraction of sp³-hybridized carbons (Fsp3) is 0.381. The standard InChI is InChI=1S/C21H22FNO4S/c1-11-2-7-14-17(8-11)28-21(23-14)13-5-3-12(4-6-13)9-15-18(22)20(26)19(25)16(10-24)27-15/h2-8,15-16,18-20,24-26H,9-10H2,1H3. The van der Waals surface area contributed by atoms with Gasteiger partial charge in [0, 0.05) is 12.0 Å². The fourth-order valence-electron chi connectivity index (χ4n) is 3.49. The van der Waals surface area contributed by atoms with E-state index in [1.807, 2.05) is 36.4 Å². The van der Waals surface area contributed by atoms with Crippen LogP contribution in [0.15, 0.2) is 42.5 Å². The first-order valence-electron chi connectivity index (χ1n) is 9.19. The van der Waals surface area contributed by atoms with Crippen molar-refractivity contribution in [2.45, 2.75) is 43.9 Å². The predicted octanol–water partition coefficient (Wildman–Crippen LogP) is 2.63. The third-order valence-corrected chi connectivity index (χ3v) is 6.19. The molecule has 0 amide bonds. The number of aryl methyl sites for hydroxylation is 1. The first-order valence-corrected chi connectivity index (χ1v) is 10.0. The van der Waals surface area contributed by atoms with Gasteiger partial charge in [-0.15, -0.1) is 11.3 Å². The number of hydrogen-bond donors (Lipinski definition) is 3. The lowest BCUT2D eigenvalue weighted by Gasteiger charge is -2.39. The van der Waals surface area contributed by atoms with Crippen molar-refractivity contribution in [1.29, 1.82) is 0 Å². The minimum atomic E-state index is -1.72. The third kappa shape index (κ3) is 3.68. The zero-order valence-electron chi connectivity index (χ0n) is 15.3. The quantitative estimate of drug-likeness (QED) is 0.624. The highest BCUT2D eigenvalue weighted by Crippen LogP contribution is 2.31. The molecule has 5 atom stereocenters. The monoisotopic (exact) mass is 403 g/mol. The Kier molecular flexibility index (Phi) is 5.44. The van der Waals surface area contributed by atoms with Crippen LogP contribution in [-0.4, -0.2) is 57.5 Å². The van der Waals surface area contributed by atoms with Gasteiger partial charge in [-0.05, 0) is 30.2 Å². The van der Waals surface area contributed by atoms with Crippen LogP contribution in [0.3, 0.4) is 0 Å². The van der Waals surface area contributed by atoms with E-state index >= 15 is 0 Å². The van der Waals surface area contributed by atoms with Gasteiger partial charge in [0.2, 0.25) is 0 Å². The normalized spacial score (nSPS) is 28.0. The van der Waals surface area contributed by atoms with Crippen LogP contribution in [0.25, 0.3) is 20.8 Å². The van der Waals surface area contributed by atoms with E-state index in [0.717, 1.165) is 26.4 Å². The van der Waals surface area contributed by atoms with Crippen LogP contribution in [0.1, 0.15) is 11.1 Å². The maximum Gasteiger partial charge on any atom is 0.155 e. The van der Waals surface area contributed by atoms with Gasteiger partial charge in [-0.2, -0.15) is 0 Å². The molecule has 1 aliphatic rings. The van der Waals surface area contributed by atoms with E-state index in [2.05, 4.69) is 18.0 Å². The Hall–Kier alpha value is -1.90. The average Bonchev–Trinajstić information content (AvgIpc) is 3.12. The molecular formula is C21H22FNO4S. The molecule has 1 saturated heterocycles. The van der Waals surface area contributed by atoms with Crippen molar-refractivity contribution in [3.63, 3.8) is 0 Å². The molecule has 28 heavy (non-hydrogen) atoms. The Morgan fingerprint density at radius 3 is 2.54 bits per heavy atom. The molecule has 3 aromatic rings. The summed E-state index contributed by atoms with van der Waals surface area (Å²) in [5, 5.41) is 29.8. The van der Waals surface area contributed by atoms with Gasteiger partial charge in [0.05, 0.1) is 22.9 Å². The maximum atomic E-state index is 14.4. The summed E-state index contributed by atoms with van der Waals surface area (Å²) in [6.45, 7) is 1.58. The molecule has 0 radical (unpaired) electrons. The van der Waals surface area contributed by atoms with Crippen LogP contribution in [-0.2, 0) is 11.2 Å². The number of aliphatic hydroxyl groups excluding tert-OH is 3. The second-order valence-corrected chi connectivity index (χ2v) is 8.24. The summed E-state index contributed by atoms with van der Waals surface area (Å²) in [4.78, 5) is 4.67. The largest absolute Gasteiger partial charge is 0.394 e. The molecule has 1 aliphatic heterocycles. The molecule has 0 saturated carbocycles. The molecule has 1 fully saturated rings. The fourth-order valence-corrected chi connectivity index (χ4v) is 4.56. The molecule has 5 unspecified atom stereocenters. The SMILES string of the molecule is Cc1ccc2nc(-c3ccc(CC4OC(CO)C(O)C(O)C4F)cc3)sc2c1. The summed E-state index contributed by atoms with van der Waals surface area (Å²) in [5.41, 5.74) is 3.98. The highest BCUT2D eigenvalue weighted by atomic mass is 32.1. The Balaban J connectivity index is 1.51. The average molecular weight is 403 g/mol. The smallest absolute Gasteiger partial charge is 0.155 e.